The van der Waals surface area contributed by atoms with E-state index in [0.29, 0.717) is 6.61 Å². The van der Waals surface area contributed by atoms with Gasteiger partial charge in [0.1, 0.15) is 0 Å². The maximum absolute atomic E-state index is 12.0. The Morgan fingerprint density at radius 3 is 2.38 bits per heavy atom. The highest BCUT2D eigenvalue weighted by atomic mass is 16.5. The summed E-state index contributed by atoms with van der Waals surface area (Å²) in [6.07, 6.45) is 2.97. The van der Waals surface area contributed by atoms with Crippen molar-refractivity contribution in [2.75, 3.05) is 6.61 Å². The third-order valence-corrected chi connectivity index (χ3v) is 3.48. The number of ether oxygens (including phenoxy) is 1. The fourth-order valence-electron chi connectivity index (χ4n) is 2.28. The van der Waals surface area contributed by atoms with Crippen LogP contribution in [0.5, 0.6) is 0 Å². The van der Waals surface area contributed by atoms with Crippen LogP contribution >= 0.6 is 0 Å². The van der Waals surface area contributed by atoms with Gasteiger partial charge < -0.3 is 4.74 Å². The molecule has 2 heteroatoms. The van der Waals surface area contributed by atoms with Crippen LogP contribution in [0.15, 0.2) is 24.3 Å². The molecule has 1 aromatic rings. The summed E-state index contributed by atoms with van der Waals surface area (Å²) in [5.41, 5.74) is 1.99. The Morgan fingerprint density at radius 2 is 1.94 bits per heavy atom. The average Bonchev–Trinajstić information content (AvgIpc) is 2.19. The first-order valence-electron chi connectivity index (χ1n) is 5.93. The Morgan fingerprint density at radius 1 is 1.31 bits per heavy atom. The van der Waals surface area contributed by atoms with Crippen LogP contribution in [0.3, 0.4) is 0 Å². The van der Waals surface area contributed by atoms with Crippen LogP contribution in [-0.4, -0.2) is 12.6 Å². The molecule has 0 spiro atoms. The Labute approximate surface area is 96.6 Å². The van der Waals surface area contributed by atoms with Crippen LogP contribution in [-0.2, 0) is 14.9 Å². The van der Waals surface area contributed by atoms with E-state index in [9.17, 15) is 4.79 Å². The van der Waals surface area contributed by atoms with Gasteiger partial charge in [0.15, 0.2) is 0 Å². The number of benzene rings is 1. The van der Waals surface area contributed by atoms with Crippen molar-refractivity contribution in [1.82, 2.24) is 0 Å². The summed E-state index contributed by atoms with van der Waals surface area (Å²) in [7, 11) is 0. The molecule has 1 aliphatic carbocycles. The number of rotatable bonds is 3. The maximum atomic E-state index is 12.0. The molecule has 0 saturated heterocycles. The lowest BCUT2D eigenvalue weighted by Gasteiger charge is -2.39. The van der Waals surface area contributed by atoms with E-state index in [2.05, 4.69) is 31.2 Å². The summed E-state index contributed by atoms with van der Waals surface area (Å²) < 4.78 is 5.19. The molecule has 1 fully saturated rings. The SMILES string of the molecule is CCOC(=O)C1(c2ccc(C)cc2)CCC1. The predicted octanol–water partition coefficient (Wildman–Crippen LogP) is 2.98. The fraction of sp³-hybridized carbons (Fsp3) is 0.500. The van der Waals surface area contributed by atoms with E-state index in [-0.39, 0.29) is 11.4 Å². The number of carbonyl (C=O) groups is 1. The largest absolute Gasteiger partial charge is 0.465 e. The van der Waals surface area contributed by atoms with Crippen molar-refractivity contribution in [3.8, 4) is 0 Å². The fourth-order valence-corrected chi connectivity index (χ4v) is 2.28. The van der Waals surface area contributed by atoms with Gasteiger partial charge in [-0.2, -0.15) is 0 Å². The lowest BCUT2D eigenvalue weighted by atomic mass is 9.64. The lowest BCUT2D eigenvalue weighted by Crippen LogP contribution is -2.43. The Bertz CT molecular complexity index is 374. The Balaban J connectivity index is 2.27. The van der Waals surface area contributed by atoms with Crippen LogP contribution in [0.4, 0.5) is 0 Å². The molecular weight excluding hydrogens is 200 g/mol. The van der Waals surface area contributed by atoms with Gasteiger partial charge in [-0.25, -0.2) is 0 Å². The highest BCUT2D eigenvalue weighted by molar-refractivity contribution is 5.84. The van der Waals surface area contributed by atoms with E-state index in [4.69, 9.17) is 4.74 Å². The van der Waals surface area contributed by atoms with E-state index in [1.165, 1.54) is 5.56 Å². The molecule has 2 nitrogen and oxygen atoms in total. The monoisotopic (exact) mass is 218 g/mol. The van der Waals surface area contributed by atoms with Crippen LogP contribution in [0.2, 0.25) is 0 Å². The van der Waals surface area contributed by atoms with Gasteiger partial charge in [0.25, 0.3) is 0 Å². The first kappa shape index (κ1) is 11.2. The van der Waals surface area contributed by atoms with Crippen LogP contribution < -0.4 is 0 Å². The first-order chi connectivity index (χ1) is 7.69. The number of aryl methyl sites for hydroxylation is 1. The number of hydrogen-bond acceptors (Lipinski definition) is 2. The molecule has 2 rings (SSSR count). The molecule has 0 atom stereocenters. The minimum absolute atomic E-state index is 0.0508. The molecule has 0 aromatic heterocycles. The number of carbonyl (C=O) groups excluding carboxylic acids is 1. The topological polar surface area (TPSA) is 26.3 Å². The molecule has 0 bridgehead atoms. The van der Waals surface area contributed by atoms with E-state index >= 15 is 0 Å². The molecule has 1 saturated carbocycles. The highest BCUT2D eigenvalue weighted by Gasteiger charge is 2.46. The summed E-state index contributed by atoms with van der Waals surface area (Å²) >= 11 is 0. The van der Waals surface area contributed by atoms with Crippen molar-refractivity contribution in [1.29, 1.82) is 0 Å². The van der Waals surface area contributed by atoms with E-state index in [0.717, 1.165) is 24.8 Å². The van der Waals surface area contributed by atoms with Gasteiger partial charge in [0.05, 0.1) is 12.0 Å². The predicted molar refractivity (Wildman–Crippen MR) is 63.3 cm³/mol. The smallest absolute Gasteiger partial charge is 0.316 e. The minimum Gasteiger partial charge on any atom is -0.465 e. The van der Waals surface area contributed by atoms with Crippen molar-refractivity contribution in [3.05, 3.63) is 35.4 Å². The molecule has 0 aliphatic heterocycles. The van der Waals surface area contributed by atoms with Gasteiger partial charge in [-0.3, -0.25) is 4.79 Å². The Hall–Kier alpha value is -1.31. The van der Waals surface area contributed by atoms with Crippen LogP contribution in [0.25, 0.3) is 0 Å². The van der Waals surface area contributed by atoms with E-state index < -0.39 is 0 Å². The number of esters is 1. The van der Waals surface area contributed by atoms with Crippen molar-refractivity contribution < 1.29 is 9.53 Å². The molecular formula is C14H18O2. The van der Waals surface area contributed by atoms with Gasteiger partial charge in [-0.1, -0.05) is 36.2 Å². The molecule has 86 valence electrons. The normalized spacial score (nSPS) is 17.6. The second-order valence-electron chi connectivity index (χ2n) is 4.52. The van der Waals surface area contributed by atoms with Gasteiger partial charge in [-0.15, -0.1) is 0 Å². The van der Waals surface area contributed by atoms with Crippen molar-refractivity contribution in [2.24, 2.45) is 0 Å². The van der Waals surface area contributed by atoms with Crippen molar-refractivity contribution in [3.63, 3.8) is 0 Å². The standard InChI is InChI=1S/C14H18O2/c1-3-16-13(15)14(9-4-10-14)12-7-5-11(2)6-8-12/h5-8H,3-4,9-10H2,1-2H3. The zero-order chi connectivity index (χ0) is 11.6. The zero-order valence-electron chi connectivity index (χ0n) is 9.95. The lowest BCUT2D eigenvalue weighted by molar-refractivity contribution is -0.153. The average molecular weight is 218 g/mol. The molecule has 16 heavy (non-hydrogen) atoms. The highest BCUT2D eigenvalue weighted by Crippen LogP contribution is 2.44. The summed E-state index contributed by atoms with van der Waals surface area (Å²) in [6.45, 7) is 4.38. The van der Waals surface area contributed by atoms with E-state index in [1.54, 1.807) is 0 Å². The third kappa shape index (κ3) is 1.73. The maximum Gasteiger partial charge on any atom is 0.316 e. The van der Waals surface area contributed by atoms with Crippen molar-refractivity contribution >= 4 is 5.97 Å². The van der Waals surface area contributed by atoms with Gasteiger partial charge >= 0.3 is 5.97 Å². The summed E-state index contributed by atoms with van der Waals surface area (Å²) in [6, 6.07) is 8.25. The molecule has 0 N–H and O–H groups in total. The molecule has 0 amide bonds. The summed E-state index contributed by atoms with van der Waals surface area (Å²) in [5.74, 6) is -0.0508. The van der Waals surface area contributed by atoms with Crippen LogP contribution in [0, 0.1) is 6.92 Å². The molecule has 0 radical (unpaired) electrons. The van der Waals surface area contributed by atoms with Gasteiger partial charge in [0, 0.05) is 0 Å². The minimum atomic E-state index is -0.344. The second-order valence-corrected chi connectivity index (χ2v) is 4.52. The van der Waals surface area contributed by atoms with Gasteiger partial charge in [0.2, 0.25) is 0 Å². The van der Waals surface area contributed by atoms with Gasteiger partial charge in [-0.05, 0) is 32.3 Å². The summed E-state index contributed by atoms with van der Waals surface area (Å²) in [4.78, 5) is 12.0. The third-order valence-electron chi connectivity index (χ3n) is 3.48. The Kier molecular flexibility index (Phi) is 2.99. The van der Waals surface area contributed by atoms with E-state index in [1.807, 2.05) is 6.92 Å². The second kappa shape index (κ2) is 4.28. The quantitative estimate of drug-likeness (QED) is 0.729. The summed E-state index contributed by atoms with van der Waals surface area (Å²) in [5, 5.41) is 0. The zero-order valence-corrected chi connectivity index (χ0v) is 9.95. The first-order valence-corrected chi connectivity index (χ1v) is 5.93. The molecule has 0 unspecified atom stereocenters. The van der Waals surface area contributed by atoms with Crippen molar-refractivity contribution in [2.45, 2.75) is 38.5 Å². The molecule has 0 heterocycles. The molecule has 1 aliphatic rings. The van der Waals surface area contributed by atoms with Crippen LogP contribution in [0.1, 0.15) is 37.3 Å². The molecule has 1 aromatic carbocycles. The number of hydrogen-bond donors (Lipinski definition) is 0.